The zero-order chi connectivity index (χ0) is 11.3. The lowest BCUT2D eigenvalue weighted by Crippen LogP contribution is -2.28. The maximum Gasteiger partial charge on any atom is 0.0367 e. The van der Waals surface area contributed by atoms with Crippen LogP contribution in [0.15, 0.2) is 46.3 Å². The van der Waals surface area contributed by atoms with Crippen molar-refractivity contribution in [3.63, 3.8) is 0 Å². The number of hydrazine groups is 1. The van der Waals surface area contributed by atoms with Gasteiger partial charge in [-0.15, -0.1) is 0 Å². The number of allylic oxidation sites excluding steroid dienone is 7. The van der Waals surface area contributed by atoms with Crippen LogP contribution < -0.4 is 10.9 Å². The Hall–Kier alpha value is -1.15. The second-order valence-electron chi connectivity index (χ2n) is 3.83. The van der Waals surface area contributed by atoms with E-state index in [0.717, 1.165) is 22.8 Å². The van der Waals surface area contributed by atoms with Gasteiger partial charge in [0.15, 0.2) is 0 Å². The second kappa shape index (κ2) is 5.66. The monoisotopic (exact) mass is 224 g/mol. The summed E-state index contributed by atoms with van der Waals surface area (Å²) in [6.45, 7) is 6.15. The molecule has 0 fully saturated rings. The van der Waals surface area contributed by atoms with Crippen LogP contribution in [0.1, 0.15) is 27.2 Å². The third-order valence-electron chi connectivity index (χ3n) is 1.91. The normalized spacial score (nSPS) is 15.6. The molecule has 0 saturated carbocycles. The number of rotatable bonds is 4. The molecule has 1 rings (SSSR count). The van der Waals surface area contributed by atoms with Gasteiger partial charge in [-0.2, -0.15) is 0 Å². The van der Waals surface area contributed by atoms with Crippen LogP contribution in [0.3, 0.4) is 0 Å². The summed E-state index contributed by atoms with van der Waals surface area (Å²) in [4.78, 5) is 0. The lowest BCUT2D eigenvalue weighted by Gasteiger charge is -2.10. The number of hydrogen-bond donors (Lipinski definition) is 2. The summed E-state index contributed by atoms with van der Waals surface area (Å²) in [6.07, 6.45) is 8.76. The largest absolute Gasteiger partial charge is 0.306 e. The molecule has 0 aliphatic heterocycles. The van der Waals surface area contributed by atoms with Crippen molar-refractivity contribution in [3.8, 4) is 0 Å². The molecule has 0 atom stereocenters. The lowest BCUT2D eigenvalue weighted by molar-refractivity contribution is 0.679. The molecule has 0 amide bonds. The molecule has 0 radical (unpaired) electrons. The molecule has 0 saturated heterocycles. The molecule has 0 heterocycles. The van der Waals surface area contributed by atoms with Gasteiger partial charge >= 0.3 is 0 Å². The number of hydrogen-bond acceptors (Lipinski definition) is 2. The van der Waals surface area contributed by atoms with E-state index in [0.29, 0.717) is 0 Å². The molecule has 1 aliphatic carbocycles. The molecular weight excluding hydrogens is 208 g/mol. The fourth-order valence-corrected chi connectivity index (χ4v) is 1.30. The fraction of sp³-hybridized carbons (Fsp3) is 0.333. The highest BCUT2D eigenvalue weighted by Gasteiger charge is 2.04. The third kappa shape index (κ3) is 4.75. The van der Waals surface area contributed by atoms with Gasteiger partial charge in [0.05, 0.1) is 0 Å². The van der Waals surface area contributed by atoms with Crippen molar-refractivity contribution in [1.29, 1.82) is 0 Å². The maximum absolute atomic E-state index is 5.84. The first-order chi connectivity index (χ1) is 7.08. The molecule has 2 nitrogen and oxygen atoms in total. The highest BCUT2D eigenvalue weighted by molar-refractivity contribution is 6.30. The first-order valence-corrected chi connectivity index (χ1v) is 5.35. The van der Waals surface area contributed by atoms with E-state index in [2.05, 4.69) is 30.8 Å². The van der Waals surface area contributed by atoms with Gasteiger partial charge < -0.3 is 10.9 Å². The van der Waals surface area contributed by atoms with E-state index < -0.39 is 0 Å². The summed E-state index contributed by atoms with van der Waals surface area (Å²) < 4.78 is 0. The van der Waals surface area contributed by atoms with Gasteiger partial charge in [0.25, 0.3) is 0 Å². The van der Waals surface area contributed by atoms with Crippen LogP contribution in [-0.2, 0) is 0 Å². The molecule has 0 aromatic rings. The smallest absolute Gasteiger partial charge is 0.0367 e. The Morgan fingerprint density at radius 1 is 1.27 bits per heavy atom. The highest BCUT2D eigenvalue weighted by atomic mass is 35.5. The molecule has 82 valence electrons. The first kappa shape index (κ1) is 11.9. The van der Waals surface area contributed by atoms with Crippen molar-refractivity contribution in [3.05, 3.63) is 46.3 Å². The molecule has 0 bridgehead atoms. The zero-order valence-corrected chi connectivity index (χ0v) is 10.2. The van der Waals surface area contributed by atoms with Gasteiger partial charge in [-0.05, 0) is 39.0 Å². The van der Waals surface area contributed by atoms with E-state index in [1.807, 2.05) is 25.2 Å². The van der Waals surface area contributed by atoms with Gasteiger partial charge in [0.2, 0.25) is 0 Å². The van der Waals surface area contributed by atoms with E-state index in [9.17, 15) is 0 Å². The minimum atomic E-state index is 0.782. The molecule has 0 aromatic carbocycles. The molecule has 15 heavy (non-hydrogen) atoms. The molecule has 0 unspecified atom stereocenters. The van der Waals surface area contributed by atoms with E-state index in [4.69, 9.17) is 11.6 Å². The van der Waals surface area contributed by atoms with Crippen LogP contribution >= 0.6 is 11.6 Å². The van der Waals surface area contributed by atoms with E-state index in [1.165, 1.54) is 5.57 Å². The highest BCUT2D eigenvalue weighted by Crippen LogP contribution is 2.19. The van der Waals surface area contributed by atoms with Gasteiger partial charge in [-0.1, -0.05) is 23.3 Å². The predicted octanol–water partition coefficient (Wildman–Crippen LogP) is 3.36. The first-order valence-electron chi connectivity index (χ1n) is 4.97. The standard InChI is InChI=1S/C12H17ClN2/c1-9(2)4-5-10(3)14-15-12-7-6-11(13)8-12/h4-7,14-15H,8H2,1-3H3/b10-5+. The molecular formula is C12H17ClN2. The van der Waals surface area contributed by atoms with Crippen molar-refractivity contribution in [2.45, 2.75) is 27.2 Å². The van der Waals surface area contributed by atoms with Crippen molar-refractivity contribution in [1.82, 2.24) is 10.9 Å². The van der Waals surface area contributed by atoms with Crippen LogP contribution in [0.25, 0.3) is 0 Å². The van der Waals surface area contributed by atoms with Crippen molar-refractivity contribution < 1.29 is 0 Å². The quantitative estimate of drug-likeness (QED) is 0.565. The van der Waals surface area contributed by atoms with E-state index >= 15 is 0 Å². The number of nitrogens with one attached hydrogen (secondary N) is 2. The summed E-state index contributed by atoms with van der Waals surface area (Å²) in [7, 11) is 0. The third-order valence-corrected chi connectivity index (χ3v) is 2.17. The number of halogens is 1. The minimum absolute atomic E-state index is 0.782. The van der Waals surface area contributed by atoms with Gasteiger partial charge in [-0.25, -0.2) is 0 Å². The topological polar surface area (TPSA) is 24.1 Å². The fourth-order valence-electron chi connectivity index (χ4n) is 1.09. The Labute approximate surface area is 96.4 Å². The predicted molar refractivity (Wildman–Crippen MR) is 66.1 cm³/mol. The molecule has 3 heteroatoms. The van der Waals surface area contributed by atoms with Crippen LogP contribution in [0.2, 0.25) is 0 Å². The van der Waals surface area contributed by atoms with Gasteiger partial charge in [0, 0.05) is 22.8 Å². The lowest BCUT2D eigenvalue weighted by atomic mass is 10.3. The van der Waals surface area contributed by atoms with Gasteiger partial charge in [-0.3, -0.25) is 0 Å². The van der Waals surface area contributed by atoms with Gasteiger partial charge in [0.1, 0.15) is 0 Å². The SMILES string of the molecule is CC(C)=C/C=C(\C)NNC1=CC=C(Cl)C1. The van der Waals surface area contributed by atoms with Crippen LogP contribution in [-0.4, -0.2) is 0 Å². The van der Waals surface area contributed by atoms with Crippen molar-refractivity contribution in [2.75, 3.05) is 0 Å². The molecule has 2 N–H and O–H groups in total. The van der Waals surface area contributed by atoms with Crippen LogP contribution in [0.5, 0.6) is 0 Å². The Kier molecular flexibility index (Phi) is 4.50. The average molecular weight is 225 g/mol. The van der Waals surface area contributed by atoms with Crippen LogP contribution in [0, 0.1) is 0 Å². The minimum Gasteiger partial charge on any atom is -0.306 e. The summed E-state index contributed by atoms with van der Waals surface area (Å²) in [5, 5.41) is 0.866. The Morgan fingerprint density at radius 2 is 2.00 bits per heavy atom. The maximum atomic E-state index is 5.84. The zero-order valence-electron chi connectivity index (χ0n) is 9.39. The molecule has 1 aliphatic rings. The Balaban J connectivity index is 2.32. The average Bonchev–Trinajstić information content (AvgIpc) is 2.58. The Bertz CT molecular complexity index is 345. The molecule has 0 spiro atoms. The van der Waals surface area contributed by atoms with E-state index in [-0.39, 0.29) is 0 Å². The van der Waals surface area contributed by atoms with Crippen LogP contribution in [0.4, 0.5) is 0 Å². The van der Waals surface area contributed by atoms with Crippen molar-refractivity contribution >= 4 is 11.6 Å². The van der Waals surface area contributed by atoms with Crippen molar-refractivity contribution in [2.24, 2.45) is 0 Å². The summed E-state index contributed by atoms with van der Waals surface area (Å²) in [5.41, 5.74) is 9.66. The summed E-state index contributed by atoms with van der Waals surface area (Å²) >= 11 is 5.84. The second-order valence-corrected chi connectivity index (χ2v) is 4.31. The summed E-state index contributed by atoms with van der Waals surface area (Å²) in [6, 6.07) is 0. The summed E-state index contributed by atoms with van der Waals surface area (Å²) in [5.74, 6) is 0. The van der Waals surface area contributed by atoms with E-state index in [1.54, 1.807) is 0 Å². The molecule has 0 aromatic heterocycles. The Morgan fingerprint density at radius 3 is 2.53 bits per heavy atom.